The Labute approximate surface area is 166 Å². The molecule has 2 N–H and O–H groups in total. The molecule has 1 aliphatic carbocycles. The number of hydrogen-bond acceptors (Lipinski definition) is 3. The van der Waals surface area contributed by atoms with E-state index < -0.39 is 0 Å². The second kappa shape index (κ2) is 8.46. The number of nitrogens with zero attached hydrogens (tertiary/aromatic N) is 1. The van der Waals surface area contributed by atoms with E-state index in [9.17, 15) is 9.59 Å². The first-order chi connectivity index (χ1) is 13.7. The van der Waals surface area contributed by atoms with Crippen molar-refractivity contribution >= 4 is 23.2 Å². The molecule has 0 radical (unpaired) electrons. The van der Waals surface area contributed by atoms with Crippen LogP contribution in [0, 0.1) is 0 Å². The maximum Gasteiger partial charge on any atom is 0.251 e. The summed E-state index contributed by atoms with van der Waals surface area (Å²) in [7, 11) is 0. The molecule has 2 aromatic rings. The van der Waals surface area contributed by atoms with Crippen LogP contribution < -0.4 is 15.5 Å². The van der Waals surface area contributed by atoms with E-state index in [-0.39, 0.29) is 24.4 Å². The number of fused-ring (bicyclic) bond motifs is 1. The Kier molecular flexibility index (Phi) is 5.60. The molecule has 4 rings (SSSR count). The summed E-state index contributed by atoms with van der Waals surface area (Å²) in [6, 6.07) is 15.7. The maximum atomic E-state index is 12.6. The molecule has 146 valence electrons. The van der Waals surface area contributed by atoms with Crippen molar-refractivity contribution < 1.29 is 9.59 Å². The van der Waals surface area contributed by atoms with Crippen LogP contribution in [0.5, 0.6) is 0 Å². The summed E-state index contributed by atoms with van der Waals surface area (Å²) in [6.07, 6.45) is 6.67. The van der Waals surface area contributed by atoms with Gasteiger partial charge in [-0.05, 0) is 49.1 Å². The van der Waals surface area contributed by atoms with Crippen molar-refractivity contribution in [1.82, 2.24) is 5.32 Å². The molecule has 2 amide bonds. The minimum atomic E-state index is -0.0321. The average molecular weight is 377 g/mol. The SMILES string of the molecule is O=C(NC1CCCCC1)c1cccc(NCC(=O)N2CCc3ccccc32)c1. The molecule has 2 aromatic carbocycles. The quantitative estimate of drug-likeness (QED) is 0.834. The third-order valence-electron chi connectivity index (χ3n) is 5.70. The van der Waals surface area contributed by atoms with Gasteiger partial charge in [0.05, 0.1) is 6.54 Å². The number of rotatable bonds is 5. The summed E-state index contributed by atoms with van der Waals surface area (Å²) >= 11 is 0. The van der Waals surface area contributed by atoms with Crippen molar-refractivity contribution in [2.75, 3.05) is 23.3 Å². The van der Waals surface area contributed by atoms with Crippen molar-refractivity contribution in [3.8, 4) is 0 Å². The molecule has 1 aliphatic heterocycles. The zero-order valence-corrected chi connectivity index (χ0v) is 16.1. The second-order valence-electron chi connectivity index (χ2n) is 7.67. The fraction of sp³-hybridized carbons (Fsp3) is 0.391. The van der Waals surface area contributed by atoms with Crippen LogP contribution in [0.1, 0.15) is 48.0 Å². The average Bonchev–Trinajstić information content (AvgIpc) is 3.17. The zero-order valence-electron chi connectivity index (χ0n) is 16.1. The van der Waals surface area contributed by atoms with Crippen molar-refractivity contribution in [2.45, 2.75) is 44.6 Å². The lowest BCUT2D eigenvalue weighted by Crippen LogP contribution is -2.36. The molecule has 2 aliphatic rings. The van der Waals surface area contributed by atoms with Crippen LogP contribution in [0.2, 0.25) is 0 Å². The third kappa shape index (κ3) is 4.19. The fourth-order valence-electron chi connectivity index (χ4n) is 4.16. The van der Waals surface area contributed by atoms with Crippen molar-refractivity contribution in [1.29, 1.82) is 0 Å². The van der Waals surface area contributed by atoms with Gasteiger partial charge in [0.15, 0.2) is 0 Å². The van der Waals surface area contributed by atoms with Gasteiger partial charge in [-0.2, -0.15) is 0 Å². The van der Waals surface area contributed by atoms with E-state index in [4.69, 9.17) is 0 Å². The molecule has 0 saturated heterocycles. The predicted octanol–water partition coefficient (Wildman–Crippen LogP) is 3.75. The third-order valence-corrected chi connectivity index (χ3v) is 5.70. The molecular weight excluding hydrogens is 350 g/mol. The summed E-state index contributed by atoms with van der Waals surface area (Å²) in [6.45, 7) is 0.936. The van der Waals surface area contributed by atoms with Crippen LogP contribution >= 0.6 is 0 Å². The number of carbonyl (C=O) groups is 2. The van der Waals surface area contributed by atoms with E-state index >= 15 is 0 Å². The Bertz CT molecular complexity index is 858. The summed E-state index contributed by atoms with van der Waals surface area (Å²) in [5, 5.41) is 6.32. The number of benzene rings is 2. The van der Waals surface area contributed by atoms with Gasteiger partial charge in [0, 0.05) is 29.5 Å². The standard InChI is InChI=1S/C23H27N3O2/c27-22(26-14-13-17-7-4-5-12-21(17)26)16-24-20-11-6-8-18(15-20)23(28)25-19-9-2-1-3-10-19/h4-8,11-12,15,19,24H,1-3,9-10,13-14,16H2,(H,25,28). The molecule has 0 spiro atoms. The molecule has 5 heteroatoms. The zero-order chi connectivity index (χ0) is 19.3. The Morgan fingerprint density at radius 1 is 1.00 bits per heavy atom. The molecule has 0 unspecified atom stereocenters. The molecule has 0 bridgehead atoms. The highest BCUT2D eigenvalue weighted by atomic mass is 16.2. The predicted molar refractivity (Wildman–Crippen MR) is 112 cm³/mol. The first-order valence-electron chi connectivity index (χ1n) is 10.2. The van der Waals surface area contributed by atoms with Gasteiger partial charge >= 0.3 is 0 Å². The number of anilines is 2. The number of nitrogens with one attached hydrogen (secondary N) is 2. The van der Waals surface area contributed by atoms with E-state index in [0.717, 1.165) is 37.2 Å². The molecule has 1 heterocycles. The van der Waals surface area contributed by atoms with Crippen molar-refractivity contribution in [3.63, 3.8) is 0 Å². The van der Waals surface area contributed by atoms with Crippen molar-refractivity contribution in [2.24, 2.45) is 0 Å². The smallest absolute Gasteiger partial charge is 0.251 e. The van der Waals surface area contributed by atoms with Gasteiger partial charge in [-0.25, -0.2) is 0 Å². The highest BCUT2D eigenvalue weighted by Gasteiger charge is 2.23. The lowest BCUT2D eigenvalue weighted by molar-refractivity contribution is -0.116. The van der Waals surface area contributed by atoms with Crippen LogP contribution in [-0.2, 0) is 11.2 Å². The van der Waals surface area contributed by atoms with Gasteiger partial charge in [-0.1, -0.05) is 43.5 Å². The maximum absolute atomic E-state index is 12.6. The molecule has 0 aromatic heterocycles. The number of carbonyl (C=O) groups excluding carboxylic acids is 2. The van der Waals surface area contributed by atoms with Crippen LogP contribution in [0.4, 0.5) is 11.4 Å². The normalized spacial score (nSPS) is 16.5. The first kappa shape index (κ1) is 18.5. The van der Waals surface area contributed by atoms with Gasteiger partial charge in [-0.15, -0.1) is 0 Å². The molecule has 28 heavy (non-hydrogen) atoms. The number of hydrogen-bond donors (Lipinski definition) is 2. The summed E-state index contributed by atoms with van der Waals surface area (Å²) in [4.78, 5) is 27.0. The van der Waals surface area contributed by atoms with Crippen LogP contribution in [-0.4, -0.2) is 30.9 Å². The highest BCUT2D eigenvalue weighted by molar-refractivity contribution is 5.98. The Balaban J connectivity index is 1.35. The summed E-state index contributed by atoms with van der Waals surface area (Å²) < 4.78 is 0. The van der Waals surface area contributed by atoms with Crippen LogP contribution in [0.25, 0.3) is 0 Å². The minimum absolute atomic E-state index is 0.0321. The van der Waals surface area contributed by atoms with E-state index in [1.807, 2.05) is 47.4 Å². The van der Waals surface area contributed by atoms with Crippen molar-refractivity contribution in [3.05, 3.63) is 59.7 Å². The van der Waals surface area contributed by atoms with E-state index in [0.29, 0.717) is 5.56 Å². The summed E-state index contributed by atoms with van der Waals surface area (Å²) in [5.74, 6) is 0.0114. The van der Waals surface area contributed by atoms with E-state index in [1.54, 1.807) is 0 Å². The topological polar surface area (TPSA) is 61.4 Å². The molecule has 1 saturated carbocycles. The summed E-state index contributed by atoms with van der Waals surface area (Å²) in [5.41, 5.74) is 3.65. The van der Waals surface area contributed by atoms with E-state index in [1.165, 1.54) is 24.8 Å². The monoisotopic (exact) mass is 377 g/mol. The minimum Gasteiger partial charge on any atom is -0.376 e. The van der Waals surface area contributed by atoms with Gasteiger partial charge < -0.3 is 15.5 Å². The van der Waals surface area contributed by atoms with Crippen LogP contribution in [0.15, 0.2) is 48.5 Å². The largest absolute Gasteiger partial charge is 0.376 e. The Morgan fingerprint density at radius 2 is 1.82 bits per heavy atom. The van der Waals surface area contributed by atoms with Gasteiger partial charge in [0.2, 0.25) is 5.91 Å². The first-order valence-corrected chi connectivity index (χ1v) is 10.2. The molecule has 1 fully saturated rings. The fourth-order valence-corrected chi connectivity index (χ4v) is 4.16. The number of para-hydroxylation sites is 1. The second-order valence-corrected chi connectivity index (χ2v) is 7.67. The molecular formula is C23H27N3O2. The Hall–Kier alpha value is -2.82. The Morgan fingerprint density at radius 3 is 2.68 bits per heavy atom. The van der Waals surface area contributed by atoms with Crippen LogP contribution in [0.3, 0.4) is 0 Å². The van der Waals surface area contributed by atoms with Gasteiger partial charge in [0.1, 0.15) is 0 Å². The molecule has 0 atom stereocenters. The number of amides is 2. The van der Waals surface area contributed by atoms with Gasteiger partial charge in [-0.3, -0.25) is 9.59 Å². The van der Waals surface area contributed by atoms with E-state index in [2.05, 4.69) is 16.7 Å². The molecule has 5 nitrogen and oxygen atoms in total. The lowest BCUT2D eigenvalue weighted by Gasteiger charge is -2.23. The van der Waals surface area contributed by atoms with Gasteiger partial charge in [0.25, 0.3) is 5.91 Å². The highest BCUT2D eigenvalue weighted by Crippen LogP contribution is 2.27. The lowest BCUT2D eigenvalue weighted by atomic mass is 9.95.